The maximum atomic E-state index is 13.2. The van der Waals surface area contributed by atoms with Crippen LogP contribution in [0.5, 0.6) is 0 Å². The standard InChI is InChI=1S/C24H27N7O/c1-3-31-20(10-15-5-4-6-26-21(15)31)23-28-19-9-16(11-27-22(19)29(23)2)24(32)30-12-14-7-17(13-30)18(25)8-14/h4-6,9-11,14,17-18H,3,7-8,12-13,25H2,1-2H3/t14?,17-,18+/m0/s1. The fourth-order valence-electron chi connectivity index (χ4n) is 5.67. The average Bonchev–Trinajstić information content (AvgIpc) is 3.43. The van der Waals surface area contributed by atoms with Gasteiger partial charge in [0.25, 0.3) is 5.91 Å². The third kappa shape index (κ3) is 2.86. The van der Waals surface area contributed by atoms with E-state index in [1.54, 1.807) is 6.20 Å². The summed E-state index contributed by atoms with van der Waals surface area (Å²) in [5, 5.41) is 1.08. The van der Waals surface area contributed by atoms with Gasteiger partial charge in [0.1, 0.15) is 11.2 Å². The molecule has 8 heteroatoms. The molecule has 32 heavy (non-hydrogen) atoms. The highest BCUT2D eigenvalue weighted by Crippen LogP contribution is 2.36. The molecule has 1 unspecified atom stereocenters. The van der Waals surface area contributed by atoms with Crippen LogP contribution in [-0.2, 0) is 13.6 Å². The Kier molecular flexibility index (Phi) is 4.33. The Morgan fingerprint density at radius 3 is 2.88 bits per heavy atom. The van der Waals surface area contributed by atoms with Gasteiger partial charge >= 0.3 is 0 Å². The number of imidazole rings is 1. The topological polar surface area (TPSA) is 94.9 Å². The molecule has 1 aliphatic carbocycles. The Hall–Kier alpha value is -3.26. The number of carbonyl (C=O) groups is 1. The first-order valence-corrected chi connectivity index (χ1v) is 11.4. The second-order valence-electron chi connectivity index (χ2n) is 9.22. The van der Waals surface area contributed by atoms with Gasteiger partial charge in [0.2, 0.25) is 0 Å². The van der Waals surface area contributed by atoms with Crippen molar-refractivity contribution in [1.82, 2.24) is 29.0 Å². The van der Waals surface area contributed by atoms with Crippen molar-refractivity contribution in [2.45, 2.75) is 32.4 Å². The summed E-state index contributed by atoms with van der Waals surface area (Å²) < 4.78 is 4.15. The molecule has 0 spiro atoms. The van der Waals surface area contributed by atoms with E-state index >= 15 is 0 Å². The molecule has 6 rings (SSSR count). The van der Waals surface area contributed by atoms with Gasteiger partial charge in [0.15, 0.2) is 11.5 Å². The van der Waals surface area contributed by atoms with Crippen LogP contribution in [0.3, 0.4) is 0 Å². The molecule has 4 aromatic rings. The minimum absolute atomic E-state index is 0.0299. The van der Waals surface area contributed by atoms with Crippen molar-refractivity contribution in [2.24, 2.45) is 24.6 Å². The highest BCUT2D eigenvalue weighted by molar-refractivity contribution is 5.97. The molecule has 164 valence electrons. The van der Waals surface area contributed by atoms with E-state index in [0.717, 1.165) is 66.2 Å². The molecule has 8 nitrogen and oxygen atoms in total. The maximum Gasteiger partial charge on any atom is 0.255 e. The van der Waals surface area contributed by atoms with Crippen molar-refractivity contribution < 1.29 is 4.79 Å². The summed E-state index contributed by atoms with van der Waals surface area (Å²) in [5.74, 6) is 1.79. The van der Waals surface area contributed by atoms with Gasteiger partial charge in [-0.15, -0.1) is 0 Å². The van der Waals surface area contributed by atoms with Gasteiger partial charge in [-0.2, -0.15) is 0 Å². The van der Waals surface area contributed by atoms with Crippen LogP contribution in [0, 0.1) is 11.8 Å². The molecule has 1 amide bonds. The monoisotopic (exact) mass is 429 g/mol. The third-order valence-electron chi connectivity index (χ3n) is 7.22. The second-order valence-corrected chi connectivity index (χ2v) is 9.22. The van der Waals surface area contributed by atoms with E-state index in [2.05, 4.69) is 33.6 Å². The van der Waals surface area contributed by atoms with Crippen LogP contribution in [0.1, 0.15) is 30.1 Å². The van der Waals surface area contributed by atoms with E-state index < -0.39 is 0 Å². The molecule has 1 saturated heterocycles. The van der Waals surface area contributed by atoms with Gasteiger partial charge < -0.3 is 19.8 Å². The van der Waals surface area contributed by atoms with Crippen LogP contribution in [0.15, 0.2) is 36.7 Å². The van der Waals surface area contributed by atoms with Crippen LogP contribution in [-0.4, -0.2) is 54.0 Å². The molecule has 3 atom stereocenters. The van der Waals surface area contributed by atoms with Crippen molar-refractivity contribution in [3.05, 3.63) is 42.2 Å². The number of fused-ring (bicyclic) bond motifs is 4. The number of carbonyl (C=O) groups excluding carboxylic acids is 1. The fourth-order valence-corrected chi connectivity index (χ4v) is 5.67. The molecule has 0 aromatic carbocycles. The number of nitrogens with zero attached hydrogens (tertiary/aromatic N) is 6. The molecule has 5 heterocycles. The van der Waals surface area contributed by atoms with Gasteiger partial charge in [-0.25, -0.2) is 15.0 Å². The Bertz CT molecular complexity index is 1350. The predicted molar refractivity (Wildman–Crippen MR) is 123 cm³/mol. The molecule has 1 saturated carbocycles. The van der Waals surface area contributed by atoms with Crippen LogP contribution in [0.2, 0.25) is 0 Å². The number of rotatable bonds is 3. The molecule has 2 aliphatic rings. The maximum absolute atomic E-state index is 13.2. The molecule has 1 aliphatic heterocycles. The minimum atomic E-state index is 0.0299. The van der Waals surface area contributed by atoms with Gasteiger partial charge in [0.05, 0.1) is 11.3 Å². The molecular formula is C24H27N7O. The quantitative estimate of drug-likeness (QED) is 0.540. The number of amides is 1. The number of hydrogen-bond donors (Lipinski definition) is 1. The van der Waals surface area contributed by atoms with E-state index in [9.17, 15) is 4.79 Å². The lowest BCUT2D eigenvalue weighted by Gasteiger charge is -2.32. The first-order valence-electron chi connectivity index (χ1n) is 11.4. The number of pyridine rings is 2. The zero-order valence-corrected chi connectivity index (χ0v) is 18.4. The fraction of sp³-hybridized carbons (Fsp3) is 0.417. The first kappa shape index (κ1) is 19.4. The summed E-state index contributed by atoms with van der Waals surface area (Å²) in [4.78, 5) is 29.3. The Morgan fingerprint density at radius 1 is 1.19 bits per heavy atom. The van der Waals surface area contributed by atoms with Gasteiger partial charge in [-0.1, -0.05) is 0 Å². The van der Waals surface area contributed by atoms with Crippen LogP contribution in [0.25, 0.3) is 33.7 Å². The largest absolute Gasteiger partial charge is 0.338 e. The molecular weight excluding hydrogens is 402 g/mol. The lowest BCUT2D eigenvalue weighted by molar-refractivity contribution is 0.0659. The van der Waals surface area contributed by atoms with Gasteiger partial charge in [0, 0.05) is 50.5 Å². The highest BCUT2D eigenvalue weighted by atomic mass is 16.2. The summed E-state index contributed by atoms with van der Waals surface area (Å²) in [6.07, 6.45) is 5.66. The Morgan fingerprint density at radius 2 is 2.06 bits per heavy atom. The zero-order chi connectivity index (χ0) is 22.0. The number of piperidine rings is 1. The highest BCUT2D eigenvalue weighted by Gasteiger charge is 2.40. The lowest BCUT2D eigenvalue weighted by atomic mass is 9.97. The first-order chi connectivity index (χ1) is 15.5. The van der Waals surface area contributed by atoms with Crippen molar-refractivity contribution in [3.63, 3.8) is 0 Å². The van der Waals surface area contributed by atoms with Crippen molar-refractivity contribution in [3.8, 4) is 11.5 Å². The number of aryl methyl sites for hydroxylation is 2. The van der Waals surface area contributed by atoms with E-state index in [1.165, 1.54) is 0 Å². The van der Waals surface area contributed by atoms with E-state index in [4.69, 9.17) is 10.7 Å². The van der Waals surface area contributed by atoms with E-state index in [-0.39, 0.29) is 11.9 Å². The smallest absolute Gasteiger partial charge is 0.255 e. The van der Waals surface area contributed by atoms with Gasteiger partial charge in [-0.3, -0.25) is 4.79 Å². The summed E-state index contributed by atoms with van der Waals surface area (Å²) in [6.45, 7) is 4.42. The van der Waals surface area contributed by atoms with Crippen molar-refractivity contribution in [1.29, 1.82) is 0 Å². The number of likely N-dealkylation sites (tertiary alicyclic amines) is 1. The summed E-state index contributed by atoms with van der Waals surface area (Å²) in [6, 6.07) is 8.22. The minimum Gasteiger partial charge on any atom is -0.338 e. The zero-order valence-electron chi connectivity index (χ0n) is 18.4. The van der Waals surface area contributed by atoms with Crippen LogP contribution >= 0.6 is 0 Å². The molecule has 2 N–H and O–H groups in total. The second kappa shape index (κ2) is 7.13. The SMILES string of the molecule is CCn1c(-c2nc3cc(C(=O)N4CC5C[C@@H](C4)[C@H](N)C5)cnc3n2C)cc2cccnc21. The van der Waals surface area contributed by atoms with Gasteiger partial charge in [-0.05, 0) is 55.9 Å². The van der Waals surface area contributed by atoms with Crippen molar-refractivity contribution in [2.75, 3.05) is 13.1 Å². The Labute approximate surface area is 186 Å². The normalized spacial score (nSPS) is 22.8. The van der Waals surface area contributed by atoms with Crippen LogP contribution < -0.4 is 5.73 Å². The van der Waals surface area contributed by atoms with E-state index in [0.29, 0.717) is 17.4 Å². The average molecular weight is 430 g/mol. The summed E-state index contributed by atoms with van der Waals surface area (Å²) >= 11 is 0. The van der Waals surface area contributed by atoms with E-state index in [1.807, 2.05) is 34.8 Å². The molecule has 2 fully saturated rings. The van der Waals surface area contributed by atoms with Crippen LogP contribution in [0.4, 0.5) is 0 Å². The number of hydrogen-bond acceptors (Lipinski definition) is 5. The molecule has 4 aromatic heterocycles. The molecule has 2 bridgehead atoms. The van der Waals surface area contributed by atoms with Crippen molar-refractivity contribution >= 4 is 28.1 Å². The summed E-state index contributed by atoms with van der Waals surface area (Å²) in [7, 11) is 1.97. The number of aromatic nitrogens is 5. The lowest BCUT2D eigenvalue weighted by Crippen LogP contribution is -2.42. The third-order valence-corrected chi connectivity index (χ3v) is 7.22. The Balaban J connectivity index is 1.38. The predicted octanol–water partition coefficient (Wildman–Crippen LogP) is 2.81. The number of nitrogens with two attached hydrogens (primary N) is 1. The molecule has 0 radical (unpaired) electrons. The summed E-state index contributed by atoms with van der Waals surface area (Å²) in [5.41, 5.74) is 10.3.